The molecule has 0 aromatic carbocycles. The number of amides is 2. The minimum absolute atomic E-state index is 0.807. The second kappa shape index (κ2) is 20.5. The molecule has 59 heavy (non-hydrogen) atoms. The molecule has 0 aliphatic carbocycles. The lowest BCUT2D eigenvalue weighted by atomic mass is 9.94. The molecule has 344 valence electrons. The van der Waals surface area contributed by atoms with Crippen LogP contribution < -0.4 is 10.6 Å². The molecule has 31 heteroatoms. The summed E-state index contributed by atoms with van der Waals surface area (Å²) in [4.78, 5) is 24.2. The highest BCUT2D eigenvalue weighted by molar-refractivity contribution is 7.81. The number of nitrogens with one attached hydrogen (secondary N) is 2. The monoisotopic (exact) mass is 908 g/mol. The van der Waals surface area contributed by atoms with Crippen LogP contribution in [0.2, 0.25) is 0 Å². The van der Waals surface area contributed by atoms with Crippen molar-refractivity contribution in [3.8, 4) is 0 Å². The average Bonchev–Trinajstić information content (AvgIpc) is 3.13. The standard InChI is InChI=1S/C28H48N2O27S2/c1-7(33)29-13-17(37)22(11(51-25(13)42)5-49-58(43,44)45)56-28-21(41)24(16(36)10(4-32)53-28)57-26-14(30-8(2)34)18(38)23(12(54-26)6-50-59(46,47)48)55-27-20(40)19(39)15(35)9(3-31)52-27/h9-28,31-32,35-42H,3-6H2,1-2H3,(H,29,33)(H,30,34)(H,43,44,45)(H,46,47,48)/t9-,10-,11-,12-,13-,14-,15+,16+,17-,18-,19+,20-,21-,22-,23-,24+,25?,26+,27+,28+/m1/s1. The Hall–Kier alpha value is -2.00. The van der Waals surface area contributed by atoms with E-state index < -0.39 is 182 Å². The summed E-state index contributed by atoms with van der Waals surface area (Å²) in [6, 6.07) is -3.56. The van der Waals surface area contributed by atoms with Gasteiger partial charge in [0, 0.05) is 13.8 Å². The number of hydrogen-bond donors (Lipinski definition) is 14. The maximum Gasteiger partial charge on any atom is 0.397 e. The van der Waals surface area contributed by atoms with E-state index in [0.717, 1.165) is 13.8 Å². The fourth-order valence-corrected chi connectivity index (χ4v) is 7.24. The zero-order valence-corrected chi connectivity index (χ0v) is 32.3. The summed E-state index contributed by atoms with van der Waals surface area (Å²) in [6.45, 7) is -2.46. The van der Waals surface area contributed by atoms with Gasteiger partial charge in [0.1, 0.15) is 97.5 Å². The summed E-state index contributed by atoms with van der Waals surface area (Å²) in [5.41, 5.74) is 0. The molecule has 0 bridgehead atoms. The maximum absolute atomic E-state index is 12.4. The Morgan fingerprint density at radius 2 is 0.915 bits per heavy atom. The quantitative estimate of drug-likeness (QED) is 0.0639. The molecule has 4 aliphatic heterocycles. The first-order valence-corrected chi connectivity index (χ1v) is 20.1. The van der Waals surface area contributed by atoms with Gasteiger partial charge in [0.2, 0.25) is 11.8 Å². The van der Waals surface area contributed by atoms with Crippen molar-refractivity contribution in [3.63, 3.8) is 0 Å². The molecular formula is C28H48N2O27S2. The molecule has 20 atom stereocenters. The van der Waals surface area contributed by atoms with E-state index in [4.69, 9.17) is 37.7 Å². The summed E-state index contributed by atoms with van der Waals surface area (Å²) >= 11 is 0. The minimum atomic E-state index is -5.28. The van der Waals surface area contributed by atoms with E-state index >= 15 is 0 Å². The van der Waals surface area contributed by atoms with E-state index in [1.807, 2.05) is 0 Å². The Morgan fingerprint density at radius 3 is 1.39 bits per heavy atom. The summed E-state index contributed by atoms with van der Waals surface area (Å²) in [6.07, 6.45) is -36.0. The van der Waals surface area contributed by atoms with Gasteiger partial charge in [-0.1, -0.05) is 0 Å². The number of ether oxygens (including phenoxy) is 7. The Balaban J connectivity index is 1.66. The highest BCUT2D eigenvalue weighted by Gasteiger charge is 2.56. The van der Waals surface area contributed by atoms with Crippen molar-refractivity contribution in [2.75, 3.05) is 26.4 Å². The average molecular weight is 909 g/mol. The van der Waals surface area contributed by atoms with Crippen molar-refractivity contribution >= 4 is 32.6 Å². The van der Waals surface area contributed by atoms with Crippen molar-refractivity contribution in [1.29, 1.82) is 0 Å². The van der Waals surface area contributed by atoms with Crippen molar-refractivity contribution < 1.29 is 128 Å². The minimum Gasteiger partial charge on any atom is -0.394 e. The van der Waals surface area contributed by atoms with Crippen molar-refractivity contribution in [2.24, 2.45) is 0 Å². The van der Waals surface area contributed by atoms with Crippen LogP contribution in [0.3, 0.4) is 0 Å². The van der Waals surface area contributed by atoms with Crippen LogP contribution in [-0.4, -0.2) is 238 Å². The molecule has 4 heterocycles. The van der Waals surface area contributed by atoms with Crippen molar-refractivity contribution in [2.45, 2.75) is 137 Å². The summed E-state index contributed by atoms with van der Waals surface area (Å²) in [7, 11) is -10.5. The molecule has 4 fully saturated rings. The molecule has 0 radical (unpaired) electrons. The summed E-state index contributed by atoms with van der Waals surface area (Å²) in [5.74, 6) is -1.72. The van der Waals surface area contributed by atoms with Crippen LogP contribution in [0.5, 0.6) is 0 Å². The fraction of sp³-hybridized carbons (Fsp3) is 0.929. The third-order valence-electron chi connectivity index (χ3n) is 9.41. The van der Waals surface area contributed by atoms with E-state index in [-0.39, 0.29) is 0 Å². The number of aliphatic hydroxyl groups excluding tert-OH is 10. The normalized spacial score (nSPS) is 43.5. The molecule has 0 aromatic rings. The molecule has 4 aliphatic rings. The molecule has 0 saturated carbocycles. The van der Waals surface area contributed by atoms with Crippen LogP contribution in [0.1, 0.15) is 13.8 Å². The number of rotatable bonds is 16. The zero-order chi connectivity index (χ0) is 44.3. The van der Waals surface area contributed by atoms with E-state index in [0.29, 0.717) is 0 Å². The molecular weight excluding hydrogens is 860 g/mol. The van der Waals surface area contributed by atoms with Gasteiger partial charge < -0.3 is 94.9 Å². The SMILES string of the molecule is CC(=O)N[C@H]1[C@H](O[C@H]2[C@@H](O)[C@@H](CO)O[C@@H](O[C@H]3[C@H](O)[C@@H](NC(C)=O)C(O)O[C@@H]3COS(=O)(=O)O)[C@@H]2O)O[C@H](COS(=O)(=O)O)[C@@H](O[C@@H]2O[C@H](CO)[C@H](O)[C@H](O)[C@H]2O)[C@@H]1O. The van der Waals surface area contributed by atoms with Crippen LogP contribution in [0.25, 0.3) is 0 Å². The Labute approximate surface area is 334 Å². The van der Waals surface area contributed by atoms with E-state index in [1.165, 1.54) is 0 Å². The first kappa shape index (κ1) is 49.7. The van der Waals surface area contributed by atoms with Gasteiger partial charge in [-0.15, -0.1) is 0 Å². The smallest absolute Gasteiger partial charge is 0.394 e. The van der Waals surface area contributed by atoms with E-state index in [9.17, 15) is 82.0 Å². The molecule has 0 aromatic heterocycles. The first-order valence-electron chi connectivity index (χ1n) is 17.4. The van der Waals surface area contributed by atoms with Gasteiger partial charge in [-0.3, -0.25) is 18.7 Å². The van der Waals surface area contributed by atoms with Gasteiger partial charge >= 0.3 is 20.8 Å². The fourth-order valence-electron chi connectivity index (χ4n) is 6.63. The second-order valence-corrected chi connectivity index (χ2v) is 15.9. The highest BCUT2D eigenvalue weighted by Crippen LogP contribution is 2.35. The van der Waals surface area contributed by atoms with Crippen LogP contribution in [0, 0.1) is 0 Å². The van der Waals surface area contributed by atoms with E-state index in [2.05, 4.69) is 19.0 Å². The Kier molecular flexibility index (Phi) is 17.2. The molecule has 1 unspecified atom stereocenters. The largest absolute Gasteiger partial charge is 0.397 e. The lowest BCUT2D eigenvalue weighted by molar-refractivity contribution is -0.376. The molecule has 4 rings (SSSR count). The number of carbonyl (C=O) groups is 2. The van der Waals surface area contributed by atoms with Crippen LogP contribution in [0.15, 0.2) is 0 Å². The zero-order valence-electron chi connectivity index (χ0n) is 30.7. The second-order valence-electron chi connectivity index (χ2n) is 13.7. The lowest BCUT2D eigenvalue weighted by Gasteiger charge is -2.50. The maximum atomic E-state index is 12.4. The highest BCUT2D eigenvalue weighted by atomic mass is 32.3. The third-order valence-corrected chi connectivity index (χ3v) is 10.3. The number of hydrogen-bond acceptors (Lipinski definition) is 25. The van der Waals surface area contributed by atoms with Crippen molar-refractivity contribution in [3.05, 3.63) is 0 Å². The van der Waals surface area contributed by atoms with Crippen LogP contribution in [0.4, 0.5) is 0 Å². The van der Waals surface area contributed by atoms with Crippen LogP contribution >= 0.6 is 0 Å². The first-order chi connectivity index (χ1) is 27.4. The van der Waals surface area contributed by atoms with Gasteiger partial charge in [-0.2, -0.15) is 16.8 Å². The van der Waals surface area contributed by atoms with Gasteiger partial charge in [-0.05, 0) is 0 Å². The Bertz CT molecular complexity index is 1630. The van der Waals surface area contributed by atoms with Crippen molar-refractivity contribution in [1.82, 2.24) is 10.6 Å². The molecule has 14 N–H and O–H groups in total. The number of aliphatic hydroxyl groups is 10. The van der Waals surface area contributed by atoms with Gasteiger partial charge in [-0.25, -0.2) is 8.37 Å². The lowest BCUT2D eigenvalue weighted by Crippen LogP contribution is -2.70. The van der Waals surface area contributed by atoms with Gasteiger partial charge in [0.15, 0.2) is 25.2 Å². The van der Waals surface area contributed by atoms with Crippen LogP contribution in [-0.2, 0) is 71.9 Å². The molecule has 29 nitrogen and oxygen atoms in total. The predicted molar refractivity (Wildman–Crippen MR) is 178 cm³/mol. The summed E-state index contributed by atoms with van der Waals surface area (Å²) < 4.78 is 112. The molecule has 0 spiro atoms. The Morgan fingerprint density at radius 1 is 0.508 bits per heavy atom. The third kappa shape index (κ3) is 12.6. The van der Waals surface area contributed by atoms with E-state index in [1.54, 1.807) is 0 Å². The van der Waals surface area contributed by atoms with Gasteiger partial charge in [0.05, 0.1) is 26.4 Å². The predicted octanol–water partition coefficient (Wildman–Crippen LogP) is -9.81. The topological polar surface area (TPSA) is 452 Å². The summed E-state index contributed by atoms with van der Waals surface area (Å²) in [5, 5.41) is 111. The number of carbonyl (C=O) groups excluding carboxylic acids is 2. The molecule has 2 amide bonds. The van der Waals surface area contributed by atoms with Gasteiger partial charge in [0.25, 0.3) is 0 Å². The molecule has 4 saturated heterocycles.